The molecular formula is C15H21FN2O2. The topological polar surface area (TPSA) is 50.4 Å². The van der Waals surface area contributed by atoms with Crippen molar-refractivity contribution in [1.29, 1.82) is 0 Å². The van der Waals surface area contributed by atoms with E-state index in [0.717, 1.165) is 18.7 Å². The molecule has 1 fully saturated rings. The van der Waals surface area contributed by atoms with Gasteiger partial charge in [0.05, 0.1) is 12.7 Å². The van der Waals surface area contributed by atoms with Gasteiger partial charge in [-0.2, -0.15) is 0 Å². The van der Waals surface area contributed by atoms with E-state index >= 15 is 0 Å². The first-order valence-electron chi connectivity index (χ1n) is 6.98. The minimum atomic E-state index is -0.656. The number of rotatable bonds is 5. The summed E-state index contributed by atoms with van der Waals surface area (Å²) in [5.41, 5.74) is 0.695. The number of halogens is 1. The van der Waals surface area contributed by atoms with Crippen molar-refractivity contribution in [3.05, 3.63) is 29.6 Å². The number of esters is 1. The zero-order valence-electron chi connectivity index (χ0n) is 11.9. The van der Waals surface area contributed by atoms with Gasteiger partial charge in [-0.3, -0.25) is 0 Å². The van der Waals surface area contributed by atoms with Gasteiger partial charge in [0.1, 0.15) is 5.82 Å². The molecule has 0 bridgehead atoms. The second kappa shape index (κ2) is 6.70. The van der Waals surface area contributed by atoms with Crippen molar-refractivity contribution in [1.82, 2.24) is 5.32 Å². The number of hydrogen-bond donors (Lipinski definition) is 2. The molecule has 1 aromatic carbocycles. The number of benzene rings is 1. The van der Waals surface area contributed by atoms with Gasteiger partial charge in [-0.05, 0) is 50.9 Å². The Morgan fingerprint density at radius 2 is 2.40 bits per heavy atom. The first-order valence-corrected chi connectivity index (χ1v) is 6.98. The van der Waals surface area contributed by atoms with Crippen molar-refractivity contribution in [3.8, 4) is 0 Å². The monoisotopic (exact) mass is 280 g/mol. The van der Waals surface area contributed by atoms with Crippen LogP contribution in [0.2, 0.25) is 0 Å². The third kappa shape index (κ3) is 3.70. The van der Waals surface area contributed by atoms with E-state index in [1.807, 2.05) is 0 Å². The molecule has 2 atom stereocenters. The SMILES string of the molecule is COC(=O)c1cc(NC(C)CC2CCCN2)ccc1F. The number of nitrogens with one attached hydrogen (secondary N) is 2. The minimum Gasteiger partial charge on any atom is -0.465 e. The second-order valence-corrected chi connectivity index (χ2v) is 5.26. The summed E-state index contributed by atoms with van der Waals surface area (Å²) in [4.78, 5) is 11.5. The first-order chi connectivity index (χ1) is 9.60. The van der Waals surface area contributed by atoms with Crippen molar-refractivity contribution in [2.24, 2.45) is 0 Å². The maximum atomic E-state index is 13.5. The molecule has 20 heavy (non-hydrogen) atoms. The third-order valence-electron chi connectivity index (χ3n) is 3.59. The molecule has 0 spiro atoms. The lowest BCUT2D eigenvalue weighted by Gasteiger charge is -2.19. The number of hydrogen-bond acceptors (Lipinski definition) is 4. The van der Waals surface area contributed by atoms with Gasteiger partial charge in [0.15, 0.2) is 0 Å². The molecular weight excluding hydrogens is 259 g/mol. The summed E-state index contributed by atoms with van der Waals surface area (Å²) in [5.74, 6) is -1.22. The standard InChI is InChI=1S/C15H21FN2O2/c1-10(8-11-4-3-7-17-11)18-12-5-6-14(16)13(9-12)15(19)20-2/h5-6,9-11,17-18H,3-4,7-8H2,1-2H3. The predicted octanol–water partition coefficient (Wildman–Crippen LogP) is 2.55. The highest BCUT2D eigenvalue weighted by molar-refractivity contribution is 5.90. The van der Waals surface area contributed by atoms with Crippen molar-refractivity contribution in [3.63, 3.8) is 0 Å². The van der Waals surface area contributed by atoms with Crippen LogP contribution in [0.3, 0.4) is 0 Å². The maximum absolute atomic E-state index is 13.5. The van der Waals surface area contributed by atoms with Gasteiger partial charge in [0, 0.05) is 17.8 Å². The van der Waals surface area contributed by atoms with Crippen molar-refractivity contribution in [2.75, 3.05) is 19.0 Å². The Labute approximate surface area is 118 Å². The van der Waals surface area contributed by atoms with Crippen LogP contribution < -0.4 is 10.6 Å². The van der Waals surface area contributed by atoms with Crippen LogP contribution in [-0.4, -0.2) is 31.7 Å². The minimum absolute atomic E-state index is 0.0382. The molecule has 2 N–H and O–H groups in total. The van der Waals surface area contributed by atoms with Gasteiger partial charge in [-0.1, -0.05) is 0 Å². The Morgan fingerprint density at radius 1 is 1.60 bits per heavy atom. The fourth-order valence-electron chi connectivity index (χ4n) is 2.61. The molecule has 0 radical (unpaired) electrons. The van der Waals surface area contributed by atoms with Crippen LogP contribution in [0, 0.1) is 5.82 Å². The molecule has 0 amide bonds. The van der Waals surface area contributed by atoms with Crippen LogP contribution in [0.5, 0.6) is 0 Å². The zero-order chi connectivity index (χ0) is 14.5. The Kier molecular flexibility index (Phi) is 4.95. The fourth-order valence-corrected chi connectivity index (χ4v) is 2.61. The Hall–Kier alpha value is -1.62. The summed E-state index contributed by atoms with van der Waals surface area (Å²) in [6.07, 6.45) is 3.42. The highest BCUT2D eigenvalue weighted by Crippen LogP contribution is 2.19. The van der Waals surface area contributed by atoms with Crippen LogP contribution in [0.25, 0.3) is 0 Å². The van der Waals surface area contributed by atoms with Crippen LogP contribution >= 0.6 is 0 Å². The Bertz CT molecular complexity index is 473. The maximum Gasteiger partial charge on any atom is 0.340 e. The van der Waals surface area contributed by atoms with E-state index in [1.165, 1.54) is 32.1 Å². The third-order valence-corrected chi connectivity index (χ3v) is 3.59. The lowest BCUT2D eigenvalue weighted by Crippen LogP contribution is -2.29. The highest BCUT2D eigenvalue weighted by atomic mass is 19.1. The highest BCUT2D eigenvalue weighted by Gasteiger charge is 2.18. The molecule has 1 heterocycles. The van der Waals surface area contributed by atoms with E-state index in [1.54, 1.807) is 6.07 Å². The largest absolute Gasteiger partial charge is 0.465 e. The number of carbonyl (C=O) groups excluding carboxylic acids is 1. The molecule has 1 aromatic rings. The Morgan fingerprint density at radius 3 is 3.05 bits per heavy atom. The van der Waals surface area contributed by atoms with Crippen molar-refractivity contribution in [2.45, 2.75) is 38.3 Å². The van der Waals surface area contributed by atoms with Gasteiger partial charge in [-0.15, -0.1) is 0 Å². The summed E-state index contributed by atoms with van der Waals surface area (Å²) in [7, 11) is 1.25. The average molecular weight is 280 g/mol. The summed E-state index contributed by atoms with van der Waals surface area (Å²) in [6, 6.07) is 5.22. The van der Waals surface area contributed by atoms with Gasteiger partial charge in [-0.25, -0.2) is 9.18 Å². The fraction of sp³-hybridized carbons (Fsp3) is 0.533. The number of methoxy groups -OCH3 is 1. The van der Waals surface area contributed by atoms with Gasteiger partial charge < -0.3 is 15.4 Å². The first kappa shape index (κ1) is 14.8. The van der Waals surface area contributed by atoms with Gasteiger partial charge in [0.25, 0.3) is 0 Å². The van der Waals surface area contributed by atoms with E-state index in [2.05, 4.69) is 22.3 Å². The van der Waals surface area contributed by atoms with Crippen LogP contribution in [0.4, 0.5) is 10.1 Å². The van der Waals surface area contributed by atoms with E-state index in [4.69, 9.17) is 0 Å². The van der Waals surface area contributed by atoms with Gasteiger partial charge >= 0.3 is 5.97 Å². The molecule has 5 heteroatoms. The summed E-state index contributed by atoms with van der Waals surface area (Å²) >= 11 is 0. The van der Waals surface area contributed by atoms with E-state index in [-0.39, 0.29) is 11.6 Å². The normalized spacial score (nSPS) is 19.6. The Balaban J connectivity index is 1.99. The van der Waals surface area contributed by atoms with E-state index in [0.29, 0.717) is 6.04 Å². The van der Waals surface area contributed by atoms with Crippen molar-refractivity contribution < 1.29 is 13.9 Å². The van der Waals surface area contributed by atoms with E-state index < -0.39 is 11.8 Å². The second-order valence-electron chi connectivity index (χ2n) is 5.26. The van der Waals surface area contributed by atoms with Crippen LogP contribution in [0.15, 0.2) is 18.2 Å². The summed E-state index contributed by atoms with van der Waals surface area (Å²) < 4.78 is 18.1. The molecule has 2 unspecified atom stereocenters. The smallest absolute Gasteiger partial charge is 0.340 e. The lowest BCUT2D eigenvalue weighted by molar-refractivity contribution is 0.0595. The van der Waals surface area contributed by atoms with Crippen LogP contribution in [0.1, 0.15) is 36.5 Å². The van der Waals surface area contributed by atoms with Gasteiger partial charge in [0.2, 0.25) is 0 Å². The van der Waals surface area contributed by atoms with Crippen LogP contribution in [-0.2, 0) is 4.74 Å². The van der Waals surface area contributed by atoms with Crippen molar-refractivity contribution >= 4 is 11.7 Å². The predicted molar refractivity (Wildman–Crippen MR) is 76.5 cm³/mol. The molecule has 2 rings (SSSR count). The molecule has 0 aromatic heterocycles. The molecule has 0 saturated carbocycles. The quantitative estimate of drug-likeness (QED) is 0.814. The number of ether oxygens (including phenoxy) is 1. The zero-order valence-corrected chi connectivity index (χ0v) is 11.9. The van der Waals surface area contributed by atoms with E-state index in [9.17, 15) is 9.18 Å². The lowest BCUT2D eigenvalue weighted by atomic mass is 10.1. The molecule has 1 aliphatic heterocycles. The molecule has 4 nitrogen and oxygen atoms in total. The number of anilines is 1. The summed E-state index contributed by atoms with van der Waals surface area (Å²) in [5, 5.41) is 6.75. The summed E-state index contributed by atoms with van der Waals surface area (Å²) in [6.45, 7) is 3.17. The molecule has 1 aliphatic rings. The molecule has 110 valence electrons. The molecule has 0 aliphatic carbocycles. The number of carbonyl (C=O) groups is 1. The average Bonchev–Trinajstić information content (AvgIpc) is 2.92. The molecule has 1 saturated heterocycles.